The van der Waals surface area contributed by atoms with Crippen LogP contribution in [0.15, 0.2) is 60.8 Å². The fourth-order valence-electron chi connectivity index (χ4n) is 3.86. The van der Waals surface area contributed by atoms with Crippen LogP contribution in [0, 0.1) is 0 Å². The quantitative estimate of drug-likeness (QED) is 0.459. The van der Waals surface area contributed by atoms with Crippen molar-refractivity contribution >= 4 is 34.1 Å². The van der Waals surface area contributed by atoms with Gasteiger partial charge < -0.3 is 9.47 Å². The van der Waals surface area contributed by atoms with Gasteiger partial charge in [0.1, 0.15) is 11.6 Å². The lowest BCUT2D eigenvalue weighted by Gasteiger charge is -2.36. The molecule has 32 heavy (non-hydrogen) atoms. The molecule has 0 fully saturated rings. The van der Waals surface area contributed by atoms with Crippen LogP contribution < -0.4 is 19.3 Å². The van der Waals surface area contributed by atoms with Crippen LogP contribution in [0.25, 0.3) is 10.9 Å². The first-order valence-corrected chi connectivity index (χ1v) is 10.2. The molecule has 0 N–H and O–H groups in total. The van der Waals surface area contributed by atoms with Gasteiger partial charge in [0.15, 0.2) is 0 Å². The number of amides is 2. The fourth-order valence-corrected chi connectivity index (χ4v) is 3.86. The number of methoxy groups -OCH3 is 1. The molecule has 1 aliphatic rings. The number of aryl methyl sites for hydroxylation is 1. The van der Waals surface area contributed by atoms with Crippen LogP contribution in [-0.2, 0) is 13.6 Å². The Morgan fingerprint density at radius 2 is 1.91 bits per heavy atom. The highest BCUT2D eigenvalue weighted by molar-refractivity contribution is 6.10. The second kappa shape index (κ2) is 7.88. The van der Waals surface area contributed by atoms with Crippen molar-refractivity contribution in [2.45, 2.75) is 13.5 Å². The number of hydrogen-bond acceptors (Lipinski definition) is 5. The lowest BCUT2D eigenvalue weighted by molar-refractivity contribution is 0.252. The zero-order valence-corrected chi connectivity index (χ0v) is 17.6. The van der Waals surface area contributed by atoms with Gasteiger partial charge in [-0.1, -0.05) is 0 Å². The van der Waals surface area contributed by atoms with E-state index >= 15 is 0 Å². The summed E-state index contributed by atoms with van der Waals surface area (Å²) in [6.45, 7) is 2.64. The first-order valence-electron chi connectivity index (χ1n) is 11.7. The minimum Gasteiger partial charge on any atom is -0.497 e. The van der Waals surface area contributed by atoms with E-state index in [1.807, 2.05) is 44.4 Å². The van der Waals surface area contributed by atoms with Gasteiger partial charge in [0.25, 0.3) is 0 Å². The zero-order chi connectivity index (χ0) is 24.7. The molecule has 0 saturated carbocycles. The number of fused-ring (bicyclic) bond motifs is 2. The second-order valence-corrected chi connectivity index (χ2v) is 7.41. The summed E-state index contributed by atoms with van der Waals surface area (Å²) in [5.74, 6) is 1.05. The Bertz CT molecular complexity index is 1400. The van der Waals surface area contributed by atoms with Gasteiger partial charge in [-0.05, 0) is 55.5 Å². The number of nitrogens with zero attached hydrogens (tertiary/aromatic N) is 5. The van der Waals surface area contributed by atoms with Gasteiger partial charge in [-0.15, -0.1) is 0 Å². The summed E-state index contributed by atoms with van der Waals surface area (Å²) in [5.41, 5.74) is 2.91. The van der Waals surface area contributed by atoms with Gasteiger partial charge in [0.05, 0.1) is 35.5 Å². The Morgan fingerprint density at radius 1 is 1.09 bits per heavy atom. The predicted octanol–water partition coefficient (Wildman–Crippen LogP) is 4.65. The maximum atomic E-state index is 13.8. The third kappa shape index (κ3) is 3.39. The molecule has 4 aromatic rings. The Morgan fingerprint density at radius 3 is 2.69 bits per heavy atom. The van der Waals surface area contributed by atoms with Gasteiger partial charge in [-0.2, -0.15) is 10.1 Å². The summed E-state index contributed by atoms with van der Waals surface area (Å²) in [4.78, 5) is 21.6. The van der Waals surface area contributed by atoms with Crippen LogP contribution in [0.5, 0.6) is 11.6 Å². The molecule has 0 spiro atoms. The van der Waals surface area contributed by atoms with E-state index in [0.717, 1.165) is 22.2 Å². The average Bonchev–Trinajstić information content (AvgIpc) is 3.18. The van der Waals surface area contributed by atoms with Gasteiger partial charge in [-0.3, -0.25) is 9.58 Å². The SMILES string of the molecule is [2H]C([2H])([2H])Oc1ccc(N2C(=O)N(c3ccc4nn(C)cc4c3)Cc3ccc(OCC)nc32)cc1. The van der Waals surface area contributed by atoms with Gasteiger partial charge in [0, 0.05) is 35.9 Å². The summed E-state index contributed by atoms with van der Waals surface area (Å²) in [6, 6.07) is 15.4. The lowest BCUT2D eigenvalue weighted by Crippen LogP contribution is -2.45. The van der Waals surface area contributed by atoms with Crippen LogP contribution >= 0.6 is 0 Å². The molecule has 162 valence electrons. The van der Waals surface area contributed by atoms with Gasteiger partial charge >= 0.3 is 6.03 Å². The first-order chi connectivity index (χ1) is 16.7. The van der Waals surface area contributed by atoms with Crippen LogP contribution in [0.1, 0.15) is 16.6 Å². The summed E-state index contributed by atoms with van der Waals surface area (Å²) >= 11 is 0. The summed E-state index contributed by atoms with van der Waals surface area (Å²) in [6.07, 6.45) is 1.90. The highest BCUT2D eigenvalue weighted by atomic mass is 16.5. The monoisotopic (exact) mass is 432 g/mol. The van der Waals surface area contributed by atoms with E-state index in [1.165, 1.54) is 17.0 Å². The van der Waals surface area contributed by atoms with E-state index < -0.39 is 7.04 Å². The van der Waals surface area contributed by atoms with E-state index in [4.69, 9.17) is 13.6 Å². The molecule has 8 heteroatoms. The largest absolute Gasteiger partial charge is 0.497 e. The highest BCUT2D eigenvalue weighted by Crippen LogP contribution is 2.37. The second-order valence-electron chi connectivity index (χ2n) is 7.41. The van der Waals surface area contributed by atoms with Crippen molar-refractivity contribution in [3.63, 3.8) is 0 Å². The molecule has 2 amide bonds. The van der Waals surface area contributed by atoms with E-state index in [1.54, 1.807) is 27.8 Å². The van der Waals surface area contributed by atoms with Crippen LogP contribution in [-0.4, -0.2) is 34.4 Å². The van der Waals surface area contributed by atoms with E-state index in [9.17, 15) is 4.79 Å². The number of hydrogen-bond donors (Lipinski definition) is 0. The Kier molecular flexibility index (Phi) is 4.09. The Balaban J connectivity index is 1.57. The van der Waals surface area contributed by atoms with Crippen molar-refractivity contribution in [3.8, 4) is 11.6 Å². The Hall–Kier alpha value is -4.07. The molecule has 0 aliphatic carbocycles. The maximum absolute atomic E-state index is 13.8. The number of aromatic nitrogens is 3. The van der Waals surface area contributed by atoms with Crippen molar-refractivity contribution in [3.05, 3.63) is 66.4 Å². The summed E-state index contributed by atoms with van der Waals surface area (Å²) in [5, 5.41) is 5.33. The fraction of sp³-hybridized carbons (Fsp3) is 0.208. The number of benzene rings is 2. The molecular formula is C24H23N5O3. The first kappa shape index (κ1) is 16.6. The molecule has 0 saturated heterocycles. The molecule has 3 heterocycles. The minimum absolute atomic E-state index is 0.174. The Labute approximate surface area is 189 Å². The molecule has 0 radical (unpaired) electrons. The number of pyridine rings is 1. The summed E-state index contributed by atoms with van der Waals surface area (Å²) < 4.78 is 34.2. The molecule has 2 aromatic carbocycles. The molecule has 0 bridgehead atoms. The van der Waals surface area contributed by atoms with Gasteiger partial charge in [-0.25, -0.2) is 9.69 Å². The molecule has 8 nitrogen and oxygen atoms in total. The van der Waals surface area contributed by atoms with Crippen molar-refractivity contribution in [1.82, 2.24) is 14.8 Å². The standard InChI is InChI=1S/C24H23N5O3/c1-4-32-22-12-5-16-15-28(19-8-11-21-17(13-19)14-27(2)26-21)24(30)29(23(16)25-22)18-6-9-20(31-3)10-7-18/h5-14H,4,15H2,1-3H3/i3D3. The van der Waals surface area contributed by atoms with Crippen molar-refractivity contribution in [1.29, 1.82) is 0 Å². The van der Waals surface area contributed by atoms with Gasteiger partial charge in [0.2, 0.25) is 5.88 Å². The molecule has 5 rings (SSSR count). The molecule has 2 aromatic heterocycles. The highest BCUT2D eigenvalue weighted by Gasteiger charge is 2.34. The van der Waals surface area contributed by atoms with Crippen molar-refractivity contribution < 1.29 is 18.4 Å². The number of ether oxygens (including phenoxy) is 2. The van der Waals surface area contributed by atoms with Crippen molar-refractivity contribution in [2.24, 2.45) is 7.05 Å². The molecule has 0 atom stereocenters. The lowest BCUT2D eigenvalue weighted by atomic mass is 10.1. The smallest absolute Gasteiger partial charge is 0.335 e. The maximum Gasteiger partial charge on any atom is 0.335 e. The third-order valence-corrected chi connectivity index (χ3v) is 5.31. The predicted molar refractivity (Wildman–Crippen MR) is 123 cm³/mol. The normalized spacial score (nSPS) is 15.2. The minimum atomic E-state index is -2.56. The molecule has 1 aliphatic heterocycles. The van der Waals surface area contributed by atoms with Crippen molar-refractivity contribution in [2.75, 3.05) is 23.4 Å². The van der Waals surface area contributed by atoms with E-state index in [2.05, 4.69) is 10.1 Å². The molecular weight excluding hydrogens is 406 g/mol. The number of carbonyl (C=O) groups is 1. The van der Waals surface area contributed by atoms with Crippen LogP contribution in [0.4, 0.5) is 22.0 Å². The molecule has 0 unspecified atom stereocenters. The van der Waals surface area contributed by atoms with E-state index in [-0.39, 0.29) is 11.8 Å². The third-order valence-electron chi connectivity index (χ3n) is 5.31. The van der Waals surface area contributed by atoms with E-state index in [0.29, 0.717) is 30.5 Å². The number of urea groups is 1. The topological polar surface area (TPSA) is 72.7 Å². The number of rotatable bonds is 5. The zero-order valence-electron chi connectivity index (χ0n) is 20.6. The summed E-state index contributed by atoms with van der Waals surface area (Å²) in [7, 11) is -0.713. The van der Waals surface area contributed by atoms with Crippen LogP contribution in [0.2, 0.25) is 0 Å². The van der Waals surface area contributed by atoms with Crippen LogP contribution in [0.3, 0.4) is 0 Å². The number of carbonyl (C=O) groups excluding carboxylic acids is 1. The average molecular weight is 432 g/mol. The number of anilines is 3.